The van der Waals surface area contributed by atoms with Crippen molar-refractivity contribution in [2.75, 3.05) is 6.54 Å². The molecule has 2 aromatic rings. The first-order chi connectivity index (χ1) is 9.61. The van der Waals surface area contributed by atoms with Crippen LogP contribution < -0.4 is 0 Å². The molecule has 1 heterocycles. The van der Waals surface area contributed by atoms with E-state index in [4.69, 9.17) is 0 Å². The van der Waals surface area contributed by atoms with E-state index in [1.54, 1.807) is 0 Å². The third-order valence-electron chi connectivity index (χ3n) is 4.27. The average molecular weight is 270 g/mol. The second kappa shape index (κ2) is 4.97. The number of hydrogen-bond donors (Lipinski definition) is 1. The standard InChI is InChI=1S/C17H22N2O/c1-4-9-19(14-6-7-14)17(20)13-5-8-16-15(10-13)11(2)12(3)18-16/h5,8,10,14,18H,4,6-7,9H2,1-3H3. The zero-order valence-electron chi connectivity index (χ0n) is 12.5. The minimum absolute atomic E-state index is 0.189. The molecular formula is C17H22N2O. The van der Waals surface area contributed by atoms with Gasteiger partial charge in [-0.3, -0.25) is 4.79 Å². The predicted octanol–water partition coefficient (Wildman–Crippen LogP) is 3.80. The third kappa shape index (κ3) is 2.21. The van der Waals surface area contributed by atoms with Crippen LogP contribution in [-0.2, 0) is 0 Å². The van der Waals surface area contributed by atoms with Crippen LogP contribution in [0.15, 0.2) is 18.2 Å². The highest BCUT2D eigenvalue weighted by molar-refractivity contribution is 5.99. The number of H-pyrrole nitrogens is 1. The molecule has 1 amide bonds. The van der Waals surface area contributed by atoms with Crippen LogP contribution in [-0.4, -0.2) is 28.4 Å². The Labute approximate surface area is 120 Å². The number of nitrogens with zero attached hydrogens (tertiary/aromatic N) is 1. The Balaban J connectivity index is 1.96. The number of aromatic amines is 1. The normalized spacial score (nSPS) is 14.8. The van der Waals surface area contributed by atoms with Gasteiger partial charge in [-0.1, -0.05) is 6.92 Å². The number of carbonyl (C=O) groups excluding carboxylic acids is 1. The van der Waals surface area contributed by atoms with Crippen molar-refractivity contribution in [1.29, 1.82) is 0 Å². The molecule has 3 rings (SSSR count). The molecule has 0 spiro atoms. The molecule has 0 aliphatic heterocycles. The van der Waals surface area contributed by atoms with Gasteiger partial charge in [-0.2, -0.15) is 0 Å². The van der Waals surface area contributed by atoms with Gasteiger partial charge in [0.2, 0.25) is 0 Å². The van der Waals surface area contributed by atoms with Gasteiger partial charge in [0.1, 0.15) is 0 Å². The highest BCUT2D eigenvalue weighted by Crippen LogP contribution is 2.29. The van der Waals surface area contributed by atoms with Gasteiger partial charge in [-0.15, -0.1) is 0 Å². The maximum atomic E-state index is 12.7. The number of fused-ring (bicyclic) bond motifs is 1. The zero-order chi connectivity index (χ0) is 14.3. The van der Waals surface area contributed by atoms with Gasteiger partial charge < -0.3 is 9.88 Å². The molecule has 3 nitrogen and oxygen atoms in total. The van der Waals surface area contributed by atoms with E-state index >= 15 is 0 Å². The molecule has 20 heavy (non-hydrogen) atoms. The lowest BCUT2D eigenvalue weighted by Crippen LogP contribution is -2.33. The Morgan fingerprint density at radius 3 is 2.75 bits per heavy atom. The number of nitrogens with one attached hydrogen (secondary N) is 1. The van der Waals surface area contributed by atoms with E-state index in [2.05, 4.69) is 30.7 Å². The van der Waals surface area contributed by atoms with Crippen LogP contribution in [0.4, 0.5) is 0 Å². The van der Waals surface area contributed by atoms with Crippen LogP contribution in [0.3, 0.4) is 0 Å². The summed E-state index contributed by atoms with van der Waals surface area (Å²) in [4.78, 5) is 18.1. The average Bonchev–Trinajstić information content (AvgIpc) is 3.24. The molecule has 0 unspecified atom stereocenters. The highest BCUT2D eigenvalue weighted by atomic mass is 16.2. The van der Waals surface area contributed by atoms with Gasteiger partial charge in [0.05, 0.1) is 0 Å². The Morgan fingerprint density at radius 2 is 2.10 bits per heavy atom. The van der Waals surface area contributed by atoms with Crippen LogP contribution in [0, 0.1) is 13.8 Å². The van der Waals surface area contributed by atoms with Gasteiger partial charge >= 0.3 is 0 Å². The van der Waals surface area contributed by atoms with Crippen molar-refractivity contribution in [2.45, 2.75) is 46.1 Å². The minimum Gasteiger partial charge on any atom is -0.358 e. The molecule has 0 saturated heterocycles. The molecule has 0 bridgehead atoms. The highest BCUT2D eigenvalue weighted by Gasteiger charge is 2.32. The van der Waals surface area contributed by atoms with Crippen LogP contribution in [0.1, 0.15) is 47.8 Å². The van der Waals surface area contributed by atoms with Gasteiger partial charge in [-0.25, -0.2) is 0 Å². The summed E-state index contributed by atoms with van der Waals surface area (Å²) < 4.78 is 0. The minimum atomic E-state index is 0.189. The molecule has 3 heteroatoms. The molecule has 1 aromatic carbocycles. The first-order valence-electron chi connectivity index (χ1n) is 7.51. The lowest BCUT2D eigenvalue weighted by Gasteiger charge is -2.21. The zero-order valence-corrected chi connectivity index (χ0v) is 12.5. The molecule has 1 aliphatic carbocycles. The van der Waals surface area contributed by atoms with E-state index in [-0.39, 0.29) is 5.91 Å². The number of aromatic nitrogens is 1. The van der Waals surface area contributed by atoms with E-state index in [1.807, 2.05) is 18.2 Å². The summed E-state index contributed by atoms with van der Waals surface area (Å²) in [6.45, 7) is 7.18. The summed E-state index contributed by atoms with van der Waals surface area (Å²) in [5.74, 6) is 0.189. The van der Waals surface area contributed by atoms with Crippen molar-refractivity contribution in [2.24, 2.45) is 0 Å². The van der Waals surface area contributed by atoms with E-state index in [0.29, 0.717) is 6.04 Å². The molecule has 0 radical (unpaired) electrons. The van der Waals surface area contributed by atoms with Crippen molar-refractivity contribution >= 4 is 16.8 Å². The quantitative estimate of drug-likeness (QED) is 0.901. The fraction of sp³-hybridized carbons (Fsp3) is 0.471. The maximum absolute atomic E-state index is 12.7. The second-order valence-electron chi connectivity index (χ2n) is 5.87. The van der Waals surface area contributed by atoms with Crippen molar-refractivity contribution < 1.29 is 4.79 Å². The second-order valence-corrected chi connectivity index (χ2v) is 5.87. The van der Waals surface area contributed by atoms with E-state index in [1.165, 1.54) is 16.6 Å². The molecule has 1 aromatic heterocycles. The Kier molecular flexibility index (Phi) is 3.28. The fourth-order valence-electron chi connectivity index (χ4n) is 2.84. The number of benzene rings is 1. The molecule has 1 fully saturated rings. The predicted molar refractivity (Wildman–Crippen MR) is 82.1 cm³/mol. The molecule has 1 N–H and O–H groups in total. The summed E-state index contributed by atoms with van der Waals surface area (Å²) in [6.07, 6.45) is 3.35. The molecule has 0 atom stereocenters. The maximum Gasteiger partial charge on any atom is 0.254 e. The largest absolute Gasteiger partial charge is 0.358 e. The molecule has 1 saturated carbocycles. The summed E-state index contributed by atoms with van der Waals surface area (Å²) in [7, 11) is 0. The number of amides is 1. The number of aryl methyl sites for hydroxylation is 2. The molecule has 1 aliphatic rings. The van der Waals surface area contributed by atoms with Crippen LogP contribution >= 0.6 is 0 Å². The first kappa shape index (κ1) is 13.2. The van der Waals surface area contributed by atoms with Gasteiger partial charge in [-0.05, 0) is 56.9 Å². The number of carbonyl (C=O) groups is 1. The van der Waals surface area contributed by atoms with Crippen molar-refractivity contribution in [3.8, 4) is 0 Å². The van der Waals surface area contributed by atoms with Crippen molar-refractivity contribution in [3.05, 3.63) is 35.0 Å². The van der Waals surface area contributed by atoms with Crippen LogP contribution in [0.5, 0.6) is 0 Å². The number of hydrogen-bond acceptors (Lipinski definition) is 1. The first-order valence-corrected chi connectivity index (χ1v) is 7.51. The molecular weight excluding hydrogens is 248 g/mol. The monoisotopic (exact) mass is 270 g/mol. The summed E-state index contributed by atoms with van der Waals surface area (Å²) in [5, 5.41) is 1.17. The Hall–Kier alpha value is -1.77. The van der Waals surface area contributed by atoms with Gasteiger partial charge in [0.15, 0.2) is 0 Å². The summed E-state index contributed by atoms with van der Waals surface area (Å²) in [6, 6.07) is 6.50. The number of rotatable bonds is 4. The topological polar surface area (TPSA) is 36.1 Å². The lowest BCUT2D eigenvalue weighted by atomic mass is 10.1. The SMILES string of the molecule is CCCN(C(=O)c1ccc2[nH]c(C)c(C)c2c1)C1CC1. The Morgan fingerprint density at radius 1 is 1.35 bits per heavy atom. The van der Waals surface area contributed by atoms with Gasteiger partial charge in [0.25, 0.3) is 5.91 Å². The third-order valence-corrected chi connectivity index (χ3v) is 4.27. The van der Waals surface area contributed by atoms with E-state index in [0.717, 1.165) is 36.9 Å². The van der Waals surface area contributed by atoms with Crippen LogP contribution in [0.2, 0.25) is 0 Å². The van der Waals surface area contributed by atoms with Gasteiger partial charge in [0, 0.05) is 34.7 Å². The van der Waals surface area contributed by atoms with E-state index in [9.17, 15) is 4.79 Å². The molecule has 106 valence electrons. The Bertz CT molecular complexity index is 652. The fourth-order valence-corrected chi connectivity index (χ4v) is 2.84. The van der Waals surface area contributed by atoms with Crippen LogP contribution in [0.25, 0.3) is 10.9 Å². The van der Waals surface area contributed by atoms with E-state index < -0.39 is 0 Å². The van der Waals surface area contributed by atoms with Crippen molar-refractivity contribution in [1.82, 2.24) is 9.88 Å². The lowest BCUT2D eigenvalue weighted by molar-refractivity contribution is 0.0743. The van der Waals surface area contributed by atoms with Crippen molar-refractivity contribution in [3.63, 3.8) is 0 Å². The summed E-state index contributed by atoms with van der Waals surface area (Å²) in [5.41, 5.74) is 4.35. The summed E-state index contributed by atoms with van der Waals surface area (Å²) >= 11 is 0. The smallest absolute Gasteiger partial charge is 0.254 e.